The molecule has 0 aliphatic rings. The van der Waals surface area contributed by atoms with Gasteiger partial charge < -0.3 is 5.73 Å². The van der Waals surface area contributed by atoms with Crippen molar-refractivity contribution in [3.63, 3.8) is 0 Å². The van der Waals surface area contributed by atoms with Crippen LogP contribution >= 0.6 is 23.6 Å². The molecule has 0 bridgehead atoms. The summed E-state index contributed by atoms with van der Waals surface area (Å²) in [4.78, 5) is 1.08. The Bertz CT molecular complexity index is 400. The molecule has 2 rings (SSSR count). The Hall–Kier alpha value is -0.770. The first-order valence-corrected chi connectivity index (χ1v) is 5.15. The van der Waals surface area contributed by atoms with Crippen molar-refractivity contribution in [3.8, 4) is 0 Å². The van der Waals surface area contributed by atoms with E-state index in [1.807, 2.05) is 12.1 Å². The molecule has 2 N–H and O–H groups in total. The summed E-state index contributed by atoms with van der Waals surface area (Å²) in [5, 5.41) is 3.84. The molecule has 0 aliphatic carbocycles. The van der Waals surface area contributed by atoms with E-state index in [0.717, 1.165) is 4.88 Å². The molecule has 0 aliphatic heterocycles. The highest BCUT2D eigenvalue weighted by molar-refractivity contribution is 7.79. The molecule has 3 heteroatoms. The van der Waals surface area contributed by atoms with Crippen LogP contribution in [-0.2, 0) is 0 Å². The molecule has 1 aromatic heterocycles. The molecule has 1 unspecified atom stereocenters. The van der Waals surface area contributed by atoms with E-state index < -0.39 is 0 Å². The van der Waals surface area contributed by atoms with E-state index in [0.29, 0.717) is 0 Å². The number of thiocarbonyl (C=S) groups is 1. The number of nitrogens with two attached hydrogens (primary N) is 1. The van der Waals surface area contributed by atoms with Crippen molar-refractivity contribution in [2.75, 3.05) is 0 Å². The smallest absolute Gasteiger partial charge is 0.0760 e. The Morgan fingerprint density at radius 3 is 2.85 bits per heavy atom. The molecule has 0 saturated heterocycles. The first-order chi connectivity index (χ1) is 6.31. The van der Waals surface area contributed by atoms with Crippen molar-refractivity contribution in [2.45, 2.75) is 6.04 Å². The van der Waals surface area contributed by atoms with Crippen LogP contribution in [0.5, 0.6) is 0 Å². The maximum atomic E-state index is 5.75. The minimum absolute atomic E-state index is 0.229. The molecule has 65 valence electrons. The first kappa shape index (κ1) is 8.81. The Morgan fingerprint density at radius 2 is 2.15 bits per heavy atom. The van der Waals surface area contributed by atoms with Gasteiger partial charge in [-0.3, -0.25) is 0 Å². The summed E-state index contributed by atoms with van der Waals surface area (Å²) in [6.07, 6.45) is 0. The van der Waals surface area contributed by atoms with Crippen molar-refractivity contribution in [1.29, 1.82) is 0 Å². The lowest BCUT2D eigenvalue weighted by atomic mass is 10.2. The zero-order valence-corrected chi connectivity index (χ0v) is 8.49. The molecule has 1 nitrogen and oxygen atoms in total. The van der Waals surface area contributed by atoms with Gasteiger partial charge in [-0.2, -0.15) is 0 Å². The van der Waals surface area contributed by atoms with Gasteiger partial charge in [-0.05, 0) is 17.5 Å². The lowest BCUT2D eigenvalue weighted by Crippen LogP contribution is -2.07. The molecule has 0 saturated carbocycles. The Balaban J connectivity index is 2.55. The number of hydrogen-bond acceptors (Lipinski definition) is 3. The zero-order valence-electron chi connectivity index (χ0n) is 6.86. The largest absolute Gasteiger partial charge is 0.319 e. The Kier molecular flexibility index (Phi) is 2.40. The van der Waals surface area contributed by atoms with E-state index in [-0.39, 0.29) is 6.04 Å². The van der Waals surface area contributed by atoms with Gasteiger partial charge in [0.2, 0.25) is 0 Å². The van der Waals surface area contributed by atoms with Gasteiger partial charge in [0.1, 0.15) is 0 Å². The van der Waals surface area contributed by atoms with Crippen LogP contribution in [0.1, 0.15) is 10.9 Å². The van der Waals surface area contributed by atoms with Crippen molar-refractivity contribution >= 4 is 39.0 Å². The predicted octanol–water partition coefficient (Wildman–Crippen LogP) is 2.78. The number of hydrogen-bond donors (Lipinski definition) is 1. The molecule has 13 heavy (non-hydrogen) atoms. The summed E-state index contributed by atoms with van der Waals surface area (Å²) in [5.74, 6) is 0. The van der Waals surface area contributed by atoms with Gasteiger partial charge in [0.05, 0.1) is 11.4 Å². The fourth-order valence-electron chi connectivity index (χ4n) is 1.21. The number of fused-ring (bicyclic) bond motifs is 1. The average Bonchev–Trinajstić information content (AvgIpc) is 2.59. The van der Waals surface area contributed by atoms with Gasteiger partial charge >= 0.3 is 0 Å². The number of thiophene rings is 1. The zero-order chi connectivity index (χ0) is 9.26. The fourth-order valence-corrected chi connectivity index (χ4v) is 2.43. The summed E-state index contributed by atoms with van der Waals surface area (Å²) in [6, 6.07) is 10.0. The summed E-state index contributed by atoms with van der Waals surface area (Å²) >= 11 is 6.37. The third-order valence-corrected chi connectivity index (χ3v) is 3.33. The number of benzene rings is 1. The van der Waals surface area contributed by atoms with E-state index in [4.69, 9.17) is 18.0 Å². The lowest BCUT2D eigenvalue weighted by molar-refractivity contribution is 1.03. The SMILES string of the molecule is NC([C]=S)c1cc2ccccc2s1. The Morgan fingerprint density at radius 1 is 1.38 bits per heavy atom. The monoisotopic (exact) mass is 206 g/mol. The molecular formula is C10H8NS2. The first-order valence-electron chi connectivity index (χ1n) is 3.93. The number of rotatable bonds is 2. The van der Waals surface area contributed by atoms with Crippen LogP contribution in [-0.4, -0.2) is 5.37 Å². The van der Waals surface area contributed by atoms with Gasteiger partial charge in [0.25, 0.3) is 0 Å². The van der Waals surface area contributed by atoms with Gasteiger partial charge in [-0.25, -0.2) is 0 Å². The fraction of sp³-hybridized carbons (Fsp3) is 0.100. The molecule has 0 spiro atoms. The molecular weight excluding hydrogens is 198 g/mol. The highest BCUT2D eigenvalue weighted by Crippen LogP contribution is 2.28. The van der Waals surface area contributed by atoms with Crippen molar-refractivity contribution in [1.82, 2.24) is 0 Å². The van der Waals surface area contributed by atoms with Gasteiger partial charge in [0.15, 0.2) is 0 Å². The van der Waals surface area contributed by atoms with E-state index >= 15 is 0 Å². The molecule has 0 fully saturated rings. The topological polar surface area (TPSA) is 26.0 Å². The summed E-state index contributed by atoms with van der Waals surface area (Å²) in [5.41, 5.74) is 5.75. The van der Waals surface area contributed by atoms with Crippen molar-refractivity contribution in [2.24, 2.45) is 5.73 Å². The van der Waals surface area contributed by atoms with Crippen LogP contribution in [0, 0.1) is 0 Å². The van der Waals surface area contributed by atoms with E-state index in [1.165, 1.54) is 10.1 Å². The molecule has 1 atom stereocenters. The van der Waals surface area contributed by atoms with E-state index in [1.54, 1.807) is 11.3 Å². The normalized spacial score (nSPS) is 13.0. The van der Waals surface area contributed by atoms with Crippen LogP contribution in [0.25, 0.3) is 10.1 Å². The standard InChI is InChI=1S/C10H8NS2/c11-8(6-12)10-5-7-3-1-2-4-9(7)13-10/h1-5,8H,11H2. The van der Waals surface area contributed by atoms with Crippen LogP contribution in [0.3, 0.4) is 0 Å². The van der Waals surface area contributed by atoms with Gasteiger partial charge in [-0.15, -0.1) is 11.3 Å². The van der Waals surface area contributed by atoms with E-state index in [2.05, 4.69) is 23.6 Å². The minimum Gasteiger partial charge on any atom is -0.319 e. The molecule has 1 radical (unpaired) electrons. The van der Waals surface area contributed by atoms with Crippen LogP contribution in [0.15, 0.2) is 30.3 Å². The second kappa shape index (κ2) is 3.54. The Labute approximate surface area is 86.2 Å². The van der Waals surface area contributed by atoms with Crippen LogP contribution in [0.2, 0.25) is 0 Å². The third-order valence-electron chi connectivity index (χ3n) is 1.88. The summed E-state index contributed by atoms with van der Waals surface area (Å²) < 4.78 is 1.25. The highest BCUT2D eigenvalue weighted by atomic mass is 32.1. The highest BCUT2D eigenvalue weighted by Gasteiger charge is 2.06. The van der Waals surface area contributed by atoms with Gasteiger partial charge in [-0.1, -0.05) is 30.4 Å². The summed E-state index contributed by atoms with van der Waals surface area (Å²) in [7, 11) is 0. The average molecular weight is 206 g/mol. The summed E-state index contributed by atoms with van der Waals surface area (Å²) in [6.45, 7) is 0. The van der Waals surface area contributed by atoms with Gasteiger partial charge in [0, 0.05) is 9.58 Å². The second-order valence-electron chi connectivity index (χ2n) is 2.78. The van der Waals surface area contributed by atoms with Crippen molar-refractivity contribution in [3.05, 3.63) is 35.2 Å². The van der Waals surface area contributed by atoms with Crippen LogP contribution in [0.4, 0.5) is 0 Å². The second-order valence-corrected chi connectivity index (χ2v) is 4.13. The molecule has 0 amide bonds. The maximum absolute atomic E-state index is 5.75. The minimum atomic E-state index is -0.229. The lowest BCUT2D eigenvalue weighted by Gasteiger charge is -1.96. The van der Waals surface area contributed by atoms with Crippen molar-refractivity contribution < 1.29 is 0 Å². The quantitative estimate of drug-likeness (QED) is 0.765. The molecule has 1 heterocycles. The molecule has 1 aromatic carbocycles. The third kappa shape index (κ3) is 1.63. The van der Waals surface area contributed by atoms with Crippen LogP contribution < -0.4 is 5.73 Å². The van der Waals surface area contributed by atoms with E-state index in [9.17, 15) is 0 Å². The predicted molar refractivity (Wildman–Crippen MR) is 61.4 cm³/mol. The maximum Gasteiger partial charge on any atom is 0.0760 e. The molecule has 2 aromatic rings.